The molecule has 0 bridgehead atoms. The summed E-state index contributed by atoms with van der Waals surface area (Å²) in [6.07, 6.45) is 3.47. The summed E-state index contributed by atoms with van der Waals surface area (Å²) in [4.78, 5) is 16.8. The Balaban J connectivity index is 1.86. The van der Waals surface area contributed by atoms with Crippen molar-refractivity contribution in [2.24, 2.45) is 0 Å². The highest BCUT2D eigenvalue weighted by molar-refractivity contribution is 9.10. The average Bonchev–Trinajstić information content (AvgIpc) is 2.70. The Morgan fingerprint density at radius 2 is 2.09 bits per heavy atom. The Labute approximate surface area is 141 Å². The number of carbonyl (C=O) groups is 1. The number of amides is 1. The van der Waals surface area contributed by atoms with Crippen molar-refractivity contribution < 1.29 is 4.79 Å². The fraction of sp³-hybridized carbons (Fsp3) is 0.625. The maximum absolute atomic E-state index is 12.4. The summed E-state index contributed by atoms with van der Waals surface area (Å²) < 4.78 is 2.95. The molecule has 1 aromatic rings. The van der Waals surface area contributed by atoms with Gasteiger partial charge in [-0.2, -0.15) is 5.10 Å². The predicted molar refractivity (Wildman–Crippen MR) is 91.9 cm³/mol. The normalized spacial score (nSPS) is 16.6. The van der Waals surface area contributed by atoms with Crippen molar-refractivity contribution in [2.45, 2.75) is 33.2 Å². The lowest BCUT2D eigenvalue weighted by atomic mass is 10.3. The van der Waals surface area contributed by atoms with Gasteiger partial charge in [0.25, 0.3) is 0 Å². The lowest BCUT2D eigenvalue weighted by Crippen LogP contribution is -2.35. The van der Waals surface area contributed by atoms with Crippen LogP contribution in [0.1, 0.15) is 24.2 Å². The van der Waals surface area contributed by atoms with Gasteiger partial charge in [-0.15, -0.1) is 6.58 Å². The number of hydrogen-bond acceptors (Lipinski definition) is 3. The van der Waals surface area contributed by atoms with Crippen LogP contribution in [-0.2, 0) is 11.3 Å². The Hall–Kier alpha value is -1.14. The van der Waals surface area contributed by atoms with Gasteiger partial charge in [0.1, 0.15) is 0 Å². The van der Waals surface area contributed by atoms with Gasteiger partial charge in [-0.25, -0.2) is 0 Å². The van der Waals surface area contributed by atoms with Gasteiger partial charge in [0, 0.05) is 44.8 Å². The molecule has 122 valence electrons. The van der Waals surface area contributed by atoms with Crippen LogP contribution in [0.3, 0.4) is 0 Å². The first-order valence-corrected chi connectivity index (χ1v) is 8.62. The van der Waals surface area contributed by atoms with E-state index in [2.05, 4.69) is 32.5 Å². The summed E-state index contributed by atoms with van der Waals surface area (Å²) in [6.45, 7) is 13.0. The van der Waals surface area contributed by atoms with E-state index < -0.39 is 0 Å². The van der Waals surface area contributed by atoms with Gasteiger partial charge in [-0.05, 0) is 36.2 Å². The molecule has 0 spiro atoms. The number of carbonyl (C=O) groups excluding carboxylic acids is 1. The molecule has 2 rings (SSSR count). The van der Waals surface area contributed by atoms with Crippen LogP contribution in [0.25, 0.3) is 0 Å². The zero-order valence-electron chi connectivity index (χ0n) is 13.5. The topological polar surface area (TPSA) is 41.4 Å². The van der Waals surface area contributed by atoms with Gasteiger partial charge >= 0.3 is 0 Å². The van der Waals surface area contributed by atoms with Crippen molar-refractivity contribution in [3.05, 3.63) is 28.5 Å². The van der Waals surface area contributed by atoms with Gasteiger partial charge in [0.15, 0.2) is 0 Å². The number of aryl methyl sites for hydroxylation is 2. The maximum Gasteiger partial charge on any atom is 0.224 e. The summed E-state index contributed by atoms with van der Waals surface area (Å²) in [7, 11) is 0. The molecule has 1 aliphatic heterocycles. The third kappa shape index (κ3) is 4.20. The molecule has 0 aliphatic carbocycles. The highest BCUT2D eigenvalue weighted by atomic mass is 79.9. The Kier molecular flexibility index (Phi) is 6.20. The van der Waals surface area contributed by atoms with Crippen molar-refractivity contribution >= 4 is 21.8 Å². The van der Waals surface area contributed by atoms with Crippen molar-refractivity contribution in [3.8, 4) is 0 Å². The largest absolute Gasteiger partial charge is 0.341 e. The number of nitrogens with zero attached hydrogens (tertiary/aromatic N) is 4. The summed E-state index contributed by atoms with van der Waals surface area (Å²) in [6, 6.07) is 0. The van der Waals surface area contributed by atoms with Crippen LogP contribution in [0.15, 0.2) is 17.1 Å². The van der Waals surface area contributed by atoms with Crippen molar-refractivity contribution in [3.63, 3.8) is 0 Å². The van der Waals surface area contributed by atoms with E-state index in [4.69, 9.17) is 0 Å². The molecule has 0 atom stereocenters. The second-order valence-corrected chi connectivity index (χ2v) is 6.57. The molecule has 0 unspecified atom stereocenters. The Bertz CT molecular complexity index is 540. The monoisotopic (exact) mass is 368 g/mol. The molecule has 6 heteroatoms. The Morgan fingerprint density at radius 1 is 1.32 bits per heavy atom. The highest BCUT2D eigenvalue weighted by Gasteiger charge is 2.19. The molecule has 0 saturated carbocycles. The van der Waals surface area contributed by atoms with Gasteiger partial charge in [0.05, 0.1) is 16.7 Å². The lowest BCUT2D eigenvalue weighted by Gasteiger charge is -2.21. The average molecular weight is 369 g/mol. The van der Waals surface area contributed by atoms with E-state index in [1.807, 2.05) is 29.5 Å². The predicted octanol–water partition coefficient (Wildman–Crippen LogP) is 2.37. The quantitative estimate of drug-likeness (QED) is 0.749. The molecule has 5 nitrogen and oxygen atoms in total. The van der Waals surface area contributed by atoms with Gasteiger partial charge in [-0.3, -0.25) is 14.4 Å². The third-order valence-electron chi connectivity index (χ3n) is 4.16. The molecule has 0 N–H and O–H groups in total. The van der Waals surface area contributed by atoms with E-state index in [9.17, 15) is 4.79 Å². The molecule has 1 saturated heterocycles. The van der Waals surface area contributed by atoms with Gasteiger partial charge in [-0.1, -0.05) is 6.08 Å². The molecule has 1 fully saturated rings. The van der Waals surface area contributed by atoms with Crippen LogP contribution in [-0.4, -0.2) is 58.2 Å². The van der Waals surface area contributed by atoms with Gasteiger partial charge < -0.3 is 4.90 Å². The first kappa shape index (κ1) is 17.2. The zero-order valence-corrected chi connectivity index (χ0v) is 15.1. The van der Waals surface area contributed by atoms with Crippen molar-refractivity contribution in [1.29, 1.82) is 0 Å². The second-order valence-electron chi connectivity index (χ2n) is 5.78. The molecule has 2 heterocycles. The van der Waals surface area contributed by atoms with E-state index >= 15 is 0 Å². The second kappa shape index (κ2) is 7.92. The minimum Gasteiger partial charge on any atom is -0.341 e. The third-order valence-corrected chi connectivity index (χ3v) is 5.31. The SMILES string of the molecule is C=CCN1CCCN(C(=O)CCn2nc(C)c(Br)c2C)CC1. The number of rotatable bonds is 5. The maximum atomic E-state index is 12.4. The molecule has 22 heavy (non-hydrogen) atoms. The van der Waals surface area contributed by atoms with Gasteiger partial charge in [0.2, 0.25) is 5.91 Å². The molecule has 1 aromatic heterocycles. The summed E-state index contributed by atoms with van der Waals surface area (Å²) in [5.41, 5.74) is 2.05. The number of halogens is 1. The fourth-order valence-corrected chi connectivity index (χ4v) is 3.12. The number of aromatic nitrogens is 2. The first-order chi connectivity index (χ1) is 10.5. The van der Waals surface area contributed by atoms with Crippen LogP contribution in [0.4, 0.5) is 0 Å². The molecule has 1 amide bonds. The van der Waals surface area contributed by atoms with E-state index in [1.54, 1.807) is 0 Å². The zero-order chi connectivity index (χ0) is 16.1. The van der Waals surface area contributed by atoms with Crippen LogP contribution in [0.5, 0.6) is 0 Å². The molecular weight excluding hydrogens is 344 g/mol. The van der Waals surface area contributed by atoms with Crippen LogP contribution < -0.4 is 0 Å². The summed E-state index contributed by atoms with van der Waals surface area (Å²) >= 11 is 3.52. The van der Waals surface area contributed by atoms with E-state index in [0.29, 0.717) is 13.0 Å². The number of hydrogen-bond donors (Lipinski definition) is 0. The van der Waals surface area contributed by atoms with Crippen LogP contribution in [0, 0.1) is 13.8 Å². The first-order valence-electron chi connectivity index (χ1n) is 7.83. The smallest absolute Gasteiger partial charge is 0.224 e. The minimum atomic E-state index is 0.226. The van der Waals surface area contributed by atoms with E-state index in [0.717, 1.165) is 55.0 Å². The molecule has 1 aliphatic rings. The molecular formula is C16H25BrN4O. The fourth-order valence-electron chi connectivity index (χ4n) is 2.84. The van der Waals surface area contributed by atoms with E-state index in [1.165, 1.54) is 0 Å². The summed E-state index contributed by atoms with van der Waals surface area (Å²) in [5, 5.41) is 4.46. The van der Waals surface area contributed by atoms with Crippen molar-refractivity contribution in [1.82, 2.24) is 19.6 Å². The van der Waals surface area contributed by atoms with Crippen LogP contribution >= 0.6 is 15.9 Å². The van der Waals surface area contributed by atoms with E-state index in [-0.39, 0.29) is 5.91 Å². The Morgan fingerprint density at radius 3 is 2.73 bits per heavy atom. The minimum absolute atomic E-state index is 0.226. The lowest BCUT2D eigenvalue weighted by molar-refractivity contribution is -0.131. The summed E-state index contributed by atoms with van der Waals surface area (Å²) in [5.74, 6) is 0.226. The molecule has 0 radical (unpaired) electrons. The van der Waals surface area contributed by atoms with Crippen LogP contribution in [0.2, 0.25) is 0 Å². The van der Waals surface area contributed by atoms with Crippen molar-refractivity contribution in [2.75, 3.05) is 32.7 Å². The standard InChI is InChI=1S/C16H25BrN4O/c1-4-7-19-8-5-9-20(12-11-19)15(22)6-10-21-14(3)16(17)13(2)18-21/h4H,1,5-12H2,2-3H3. The molecule has 0 aromatic carbocycles. The highest BCUT2D eigenvalue weighted by Crippen LogP contribution is 2.20.